The van der Waals surface area contributed by atoms with Crippen molar-refractivity contribution in [3.63, 3.8) is 0 Å². The number of allylic oxidation sites excluding steroid dienone is 2. The molecule has 0 aliphatic carbocycles. The van der Waals surface area contributed by atoms with Gasteiger partial charge in [-0.3, -0.25) is 0 Å². The number of hydrogen-bond donors (Lipinski definition) is 1. The number of unbranched alkanes of at least 4 members (excludes halogenated alkanes) is 19. The molecule has 0 spiro atoms. The van der Waals surface area contributed by atoms with E-state index in [1.807, 2.05) is 8.95 Å². The van der Waals surface area contributed by atoms with Gasteiger partial charge < -0.3 is 0 Å². The molecule has 4 heteroatoms. The van der Waals surface area contributed by atoms with Crippen LogP contribution in [0.3, 0.4) is 0 Å². The first-order chi connectivity index (χ1) is 19.6. The number of carboxylic acids is 1. The van der Waals surface area contributed by atoms with Crippen molar-refractivity contribution in [2.45, 2.75) is 194 Å². The van der Waals surface area contributed by atoms with E-state index in [2.05, 4.69) is 32.9 Å². The maximum atomic E-state index is 13.0. The number of carbonyl (C=O) groups is 1. The van der Waals surface area contributed by atoms with Crippen molar-refractivity contribution < 1.29 is 9.90 Å². The molecule has 40 heavy (non-hydrogen) atoms. The van der Waals surface area contributed by atoms with Crippen LogP contribution >= 0.6 is 8.95 Å². The molecule has 236 valence electrons. The molecular formula is C36H70O2SSn. The van der Waals surface area contributed by atoms with Crippen molar-refractivity contribution in [1.29, 1.82) is 0 Å². The van der Waals surface area contributed by atoms with Gasteiger partial charge in [0.2, 0.25) is 0 Å². The number of aliphatic carboxylic acids is 1. The summed E-state index contributed by atoms with van der Waals surface area (Å²) in [5.74, 6) is 0.896. The molecule has 0 bridgehead atoms. The molecule has 0 heterocycles. The summed E-state index contributed by atoms with van der Waals surface area (Å²) in [7, 11) is 1.96. The Labute approximate surface area is 268 Å². The summed E-state index contributed by atoms with van der Waals surface area (Å²) < 4.78 is 0. The summed E-state index contributed by atoms with van der Waals surface area (Å²) in [6.07, 6.45) is 38.4. The quantitative estimate of drug-likeness (QED) is 0.0435. The van der Waals surface area contributed by atoms with E-state index in [1.54, 1.807) is 0 Å². The fourth-order valence-electron chi connectivity index (χ4n) is 6.36. The van der Waals surface area contributed by atoms with Gasteiger partial charge in [-0.05, 0) is 12.8 Å². The molecule has 0 rings (SSSR count). The molecule has 2 radical (unpaired) electrons. The summed E-state index contributed by atoms with van der Waals surface area (Å²) in [6.45, 7) is 6.82. The predicted molar refractivity (Wildman–Crippen MR) is 184 cm³/mol. The van der Waals surface area contributed by atoms with Crippen LogP contribution in [-0.2, 0) is 4.79 Å². The number of carboxylic acid groups (broad SMARTS) is 1. The summed E-state index contributed by atoms with van der Waals surface area (Å²) in [5, 5.41) is 10.7. The van der Waals surface area contributed by atoms with Gasteiger partial charge >= 0.3 is 211 Å². The fourth-order valence-corrected chi connectivity index (χ4v) is 7.85. The Hall–Kier alpha value is 0.359. The molecule has 0 saturated heterocycles. The van der Waals surface area contributed by atoms with Gasteiger partial charge in [-0.15, -0.1) is 0 Å². The first-order valence-electron chi connectivity index (χ1n) is 17.8. The summed E-state index contributed by atoms with van der Waals surface area (Å²) in [6, 6.07) is 0. The van der Waals surface area contributed by atoms with E-state index in [-0.39, 0.29) is 0 Å². The maximum absolute atomic E-state index is 13.0. The molecule has 0 fully saturated rings. The third kappa shape index (κ3) is 22.0. The van der Waals surface area contributed by atoms with Crippen LogP contribution in [0, 0.1) is 11.3 Å². The van der Waals surface area contributed by atoms with E-state index in [0.717, 1.165) is 37.9 Å². The zero-order chi connectivity index (χ0) is 29.6. The van der Waals surface area contributed by atoms with E-state index in [4.69, 9.17) is 0 Å². The molecule has 2 atom stereocenters. The number of hydrogen-bond acceptors (Lipinski definition) is 2. The molecule has 0 aliphatic heterocycles. The van der Waals surface area contributed by atoms with Gasteiger partial charge in [0.25, 0.3) is 0 Å². The summed E-state index contributed by atoms with van der Waals surface area (Å²) >= 11 is 1.17. The predicted octanol–water partition coefficient (Wildman–Crippen LogP) is 12.4. The van der Waals surface area contributed by atoms with E-state index in [1.165, 1.54) is 162 Å². The van der Waals surface area contributed by atoms with Crippen molar-refractivity contribution in [1.82, 2.24) is 0 Å². The molecule has 2 nitrogen and oxygen atoms in total. The Morgan fingerprint density at radius 1 is 0.625 bits per heavy atom. The Balaban J connectivity index is 4.90. The molecule has 0 aliphatic rings. The Kier molecular flexibility index (Phi) is 31.1. The van der Waals surface area contributed by atoms with Crippen molar-refractivity contribution in [2.75, 3.05) is 5.75 Å². The molecular weight excluding hydrogens is 615 g/mol. The van der Waals surface area contributed by atoms with Crippen molar-refractivity contribution in [3.05, 3.63) is 12.2 Å². The second-order valence-electron chi connectivity index (χ2n) is 12.5. The van der Waals surface area contributed by atoms with Gasteiger partial charge in [0, 0.05) is 0 Å². The first-order valence-corrected chi connectivity index (χ1v) is 22.9. The number of rotatable bonds is 32. The van der Waals surface area contributed by atoms with Crippen LogP contribution in [0.25, 0.3) is 0 Å². The van der Waals surface area contributed by atoms with Crippen LogP contribution < -0.4 is 0 Å². The van der Waals surface area contributed by atoms with Gasteiger partial charge in [0.1, 0.15) is 0 Å². The van der Waals surface area contributed by atoms with Gasteiger partial charge in [-0.25, -0.2) is 0 Å². The molecule has 2 unspecified atom stereocenters. The van der Waals surface area contributed by atoms with E-state index in [9.17, 15) is 9.90 Å². The third-order valence-electron chi connectivity index (χ3n) is 9.07. The molecule has 0 amide bonds. The van der Waals surface area contributed by atoms with Crippen LogP contribution in [-0.4, -0.2) is 38.0 Å². The fraction of sp³-hybridized carbons (Fsp3) is 0.917. The second kappa shape index (κ2) is 30.8. The Morgan fingerprint density at radius 2 is 1.02 bits per heavy atom. The Morgan fingerprint density at radius 3 is 1.48 bits per heavy atom. The van der Waals surface area contributed by atoms with Gasteiger partial charge in [-0.2, -0.15) is 0 Å². The van der Waals surface area contributed by atoms with Gasteiger partial charge in [0.05, 0.1) is 0 Å². The summed E-state index contributed by atoms with van der Waals surface area (Å²) in [4.78, 5) is 13.0. The van der Waals surface area contributed by atoms with Crippen LogP contribution in [0.5, 0.6) is 0 Å². The van der Waals surface area contributed by atoms with Crippen LogP contribution in [0.4, 0.5) is 0 Å². The Bertz CT molecular complexity index is 567. The van der Waals surface area contributed by atoms with Gasteiger partial charge in [-0.1, -0.05) is 46.0 Å². The van der Waals surface area contributed by atoms with Crippen molar-refractivity contribution in [2.24, 2.45) is 11.3 Å². The topological polar surface area (TPSA) is 37.3 Å². The monoisotopic (exact) mass is 686 g/mol. The average molecular weight is 686 g/mol. The molecule has 0 aromatic rings. The first kappa shape index (κ1) is 40.4. The second-order valence-corrected chi connectivity index (χ2v) is 16.1. The molecule has 1 N–H and O–H groups in total. The zero-order valence-electron chi connectivity index (χ0n) is 27.4. The normalized spacial score (nSPS) is 14.1. The molecule has 0 saturated carbocycles. The third-order valence-corrected chi connectivity index (χ3v) is 11.5. The summed E-state index contributed by atoms with van der Waals surface area (Å²) in [5.41, 5.74) is -0.499. The van der Waals surface area contributed by atoms with Gasteiger partial charge in [0.15, 0.2) is 0 Å². The zero-order valence-corrected chi connectivity index (χ0v) is 31.5. The molecule has 0 aromatic heterocycles. The van der Waals surface area contributed by atoms with E-state index in [0.29, 0.717) is 5.92 Å². The minimum absolute atomic E-state index is 0.350. The SMILES string of the molecule is CCCCCCCC/C=C\CCCCCC(CCCCCCCC)C(CCCCCCCC)(CC[S][SnH])C(=O)O. The molecule has 0 aromatic carbocycles. The van der Waals surface area contributed by atoms with Crippen LogP contribution in [0.2, 0.25) is 0 Å². The van der Waals surface area contributed by atoms with E-state index >= 15 is 0 Å². The van der Waals surface area contributed by atoms with Crippen molar-refractivity contribution >= 4 is 36.1 Å². The van der Waals surface area contributed by atoms with E-state index < -0.39 is 11.4 Å². The standard InChI is InChI=1S/C36H70O2S.Sn.H/c1-4-7-10-13-16-17-18-19-20-21-22-24-27-30-34(29-26-23-14-11-8-5-2)36(32-33-39,35(37)38)31-28-25-15-12-9-6-3;;/h19-20,34,39H,4-18,21-33H2,1-3H3,(H,37,38);;/q;+1;/p-1/b20-19-;;. The van der Waals surface area contributed by atoms with Crippen molar-refractivity contribution in [3.8, 4) is 0 Å². The van der Waals surface area contributed by atoms with Crippen LogP contribution in [0.15, 0.2) is 12.2 Å². The van der Waals surface area contributed by atoms with Crippen LogP contribution in [0.1, 0.15) is 194 Å². The average Bonchev–Trinajstić information content (AvgIpc) is 2.95. The minimum atomic E-state index is -0.499.